The molecule has 3 aromatic heterocycles. The summed E-state index contributed by atoms with van der Waals surface area (Å²) in [5.74, 6) is 0.503. The minimum atomic E-state index is 0.503. The lowest BCUT2D eigenvalue weighted by Crippen LogP contribution is -2.05. The summed E-state index contributed by atoms with van der Waals surface area (Å²) in [6.07, 6.45) is 6.39. The molecule has 0 aromatic carbocycles. The lowest BCUT2D eigenvalue weighted by Gasteiger charge is -2.03. The first-order valence-corrected chi connectivity index (χ1v) is 6.29. The van der Waals surface area contributed by atoms with Crippen LogP contribution in [0.2, 0.25) is 0 Å². The summed E-state index contributed by atoms with van der Waals surface area (Å²) >= 11 is 0. The SMILES string of the molecule is CCc1c(Cn2ccnc2N)nn2ccc(C)nc12. The van der Waals surface area contributed by atoms with E-state index in [1.807, 2.05) is 34.5 Å². The molecule has 2 N–H and O–H groups in total. The Bertz CT molecular complexity index is 724. The largest absolute Gasteiger partial charge is 0.369 e. The van der Waals surface area contributed by atoms with Crippen molar-refractivity contribution in [2.45, 2.75) is 26.8 Å². The van der Waals surface area contributed by atoms with Gasteiger partial charge in [-0.1, -0.05) is 6.92 Å². The van der Waals surface area contributed by atoms with Crippen LogP contribution in [-0.4, -0.2) is 24.1 Å². The van der Waals surface area contributed by atoms with Crippen molar-refractivity contribution in [1.82, 2.24) is 24.1 Å². The maximum absolute atomic E-state index is 5.80. The molecule has 6 heteroatoms. The summed E-state index contributed by atoms with van der Waals surface area (Å²) in [4.78, 5) is 8.59. The van der Waals surface area contributed by atoms with Crippen LogP contribution >= 0.6 is 0 Å². The maximum Gasteiger partial charge on any atom is 0.200 e. The quantitative estimate of drug-likeness (QED) is 0.769. The predicted molar refractivity (Wildman–Crippen MR) is 72.8 cm³/mol. The molecule has 0 aliphatic rings. The van der Waals surface area contributed by atoms with Crippen LogP contribution in [0.25, 0.3) is 5.65 Å². The van der Waals surface area contributed by atoms with Crippen molar-refractivity contribution >= 4 is 11.6 Å². The molecule has 0 bridgehead atoms. The Morgan fingerprint density at radius 3 is 2.84 bits per heavy atom. The molecule has 0 aliphatic carbocycles. The van der Waals surface area contributed by atoms with Gasteiger partial charge in [0.05, 0.1) is 12.2 Å². The Kier molecular flexibility index (Phi) is 2.70. The Labute approximate surface area is 110 Å². The van der Waals surface area contributed by atoms with Gasteiger partial charge in [0.1, 0.15) is 0 Å². The second kappa shape index (κ2) is 4.38. The highest BCUT2D eigenvalue weighted by molar-refractivity contribution is 5.50. The third-order valence-corrected chi connectivity index (χ3v) is 3.22. The van der Waals surface area contributed by atoms with E-state index in [4.69, 9.17) is 5.73 Å². The Hall–Kier alpha value is -2.37. The van der Waals surface area contributed by atoms with Crippen LogP contribution in [0, 0.1) is 6.92 Å². The number of aryl methyl sites for hydroxylation is 2. The number of aromatic nitrogens is 5. The second-order valence-corrected chi connectivity index (χ2v) is 4.53. The molecule has 0 saturated carbocycles. The Morgan fingerprint density at radius 1 is 1.32 bits per heavy atom. The number of anilines is 1. The van der Waals surface area contributed by atoms with Gasteiger partial charge < -0.3 is 10.3 Å². The van der Waals surface area contributed by atoms with Crippen LogP contribution in [0.15, 0.2) is 24.7 Å². The van der Waals surface area contributed by atoms with Crippen molar-refractivity contribution in [2.75, 3.05) is 5.73 Å². The van der Waals surface area contributed by atoms with Crippen LogP contribution < -0.4 is 5.73 Å². The van der Waals surface area contributed by atoms with Crippen molar-refractivity contribution < 1.29 is 0 Å². The number of nitrogen functional groups attached to an aromatic ring is 1. The summed E-state index contributed by atoms with van der Waals surface area (Å²) in [5.41, 5.74) is 9.88. The molecule has 3 rings (SSSR count). The normalized spacial score (nSPS) is 11.3. The molecule has 0 radical (unpaired) electrons. The van der Waals surface area contributed by atoms with Gasteiger partial charge >= 0.3 is 0 Å². The fourth-order valence-corrected chi connectivity index (χ4v) is 2.24. The summed E-state index contributed by atoms with van der Waals surface area (Å²) in [5, 5.41) is 4.59. The minimum Gasteiger partial charge on any atom is -0.369 e. The first-order valence-electron chi connectivity index (χ1n) is 6.29. The number of hydrogen-bond acceptors (Lipinski definition) is 4. The lowest BCUT2D eigenvalue weighted by atomic mass is 10.2. The number of fused-ring (bicyclic) bond motifs is 1. The highest BCUT2D eigenvalue weighted by Crippen LogP contribution is 2.17. The second-order valence-electron chi connectivity index (χ2n) is 4.53. The first-order chi connectivity index (χ1) is 9.19. The minimum absolute atomic E-state index is 0.503. The van der Waals surface area contributed by atoms with Gasteiger partial charge in [-0.3, -0.25) is 0 Å². The highest BCUT2D eigenvalue weighted by atomic mass is 15.3. The average Bonchev–Trinajstić information content (AvgIpc) is 2.93. The maximum atomic E-state index is 5.80. The van der Waals surface area contributed by atoms with Crippen molar-refractivity contribution in [1.29, 1.82) is 0 Å². The smallest absolute Gasteiger partial charge is 0.200 e. The molecular weight excluding hydrogens is 240 g/mol. The zero-order valence-corrected chi connectivity index (χ0v) is 11.0. The monoisotopic (exact) mass is 256 g/mol. The van der Waals surface area contributed by atoms with Gasteiger partial charge in [-0.25, -0.2) is 14.5 Å². The fraction of sp³-hybridized carbons (Fsp3) is 0.308. The van der Waals surface area contributed by atoms with Crippen LogP contribution in [-0.2, 0) is 13.0 Å². The fourth-order valence-electron chi connectivity index (χ4n) is 2.24. The molecule has 6 nitrogen and oxygen atoms in total. The first kappa shape index (κ1) is 11.7. The topological polar surface area (TPSA) is 74.0 Å². The van der Waals surface area contributed by atoms with Gasteiger partial charge in [0.25, 0.3) is 0 Å². The summed E-state index contributed by atoms with van der Waals surface area (Å²) in [6, 6.07) is 1.95. The molecule has 0 fully saturated rings. The van der Waals surface area contributed by atoms with E-state index in [-0.39, 0.29) is 0 Å². The van der Waals surface area contributed by atoms with E-state index in [9.17, 15) is 0 Å². The van der Waals surface area contributed by atoms with E-state index in [1.165, 1.54) is 0 Å². The lowest BCUT2D eigenvalue weighted by molar-refractivity contribution is 0.757. The molecule has 0 unspecified atom stereocenters. The molecule has 0 spiro atoms. The van der Waals surface area contributed by atoms with Gasteiger partial charge in [0.2, 0.25) is 0 Å². The molecule has 0 saturated heterocycles. The summed E-state index contributed by atoms with van der Waals surface area (Å²) < 4.78 is 3.71. The van der Waals surface area contributed by atoms with Crippen molar-refractivity contribution in [3.63, 3.8) is 0 Å². The number of rotatable bonds is 3. The van der Waals surface area contributed by atoms with Gasteiger partial charge in [0, 0.05) is 29.8 Å². The van der Waals surface area contributed by atoms with E-state index in [0.717, 1.165) is 29.0 Å². The Balaban J connectivity index is 2.10. The Morgan fingerprint density at radius 2 is 2.16 bits per heavy atom. The van der Waals surface area contributed by atoms with Gasteiger partial charge in [-0.15, -0.1) is 0 Å². The number of nitrogens with zero attached hydrogens (tertiary/aromatic N) is 5. The molecule has 0 amide bonds. The van der Waals surface area contributed by atoms with Gasteiger partial charge in [-0.05, 0) is 19.4 Å². The number of nitrogens with two attached hydrogens (primary N) is 1. The average molecular weight is 256 g/mol. The van der Waals surface area contributed by atoms with Gasteiger partial charge in [0.15, 0.2) is 11.6 Å². The van der Waals surface area contributed by atoms with E-state index < -0.39 is 0 Å². The summed E-state index contributed by atoms with van der Waals surface area (Å²) in [7, 11) is 0. The highest BCUT2D eigenvalue weighted by Gasteiger charge is 2.13. The van der Waals surface area contributed by atoms with Crippen molar-refractivity contribution in [2.24, 2.45) is 0 Å². The molecule has 0 aliphatic heterocycles. The standard InChI is InChI=1S/C13H16N6/c1-3-10-11(8-18-7-5-15-13(18)14)17-19-6-4-9(2)16-12(10)19/h4-7H,3,8H2,1-2H3,(H2,14,15). The summed E-state index contributed by atoms with van der Waals surface area (Å²) in [6.45, 7) is 4.72. The van der Waals surface area contributed by atoms with Gasteiger partial charge in [-0.2, -0.15) is 5.10 Å². The number of imidazole rings is 1. The van der Waals surface area contributed by atoms with E-state index in [1.54, 1.807) is 6.20 Å². The molecule has 19 heavy (non-hydrogen) atoms. The molecule has 3 aromatic rings. The molecule has 98 valence electrons. The van der Waals surface area contributed by atoms with Crippen LogP contribution in [0.5, 0.6) is 0 Å². The van der Waals surface area contributed by atoms with Crippen molar-refractivity contribution in [3.05, 3.63) is 41.6 Å². The van der Waals surface area contributed by atoms with Crippen LogP contribution in [0.4, 0.5) is 5.95 Å². The van der Waals surface area contributed by atoms with E-state index in [2.05, 4.69) is 22.0 Å². The number of hydrogen-bond donors (Lipinski definition) is 1. The molecule has 0 atom stereocenters. The van der Waals surface area contributed by atoms with E-state index in [0.29, 0.717) is 12.5 Å². The molecule has 3 heterocycles. The third-order valence-electron chi connectivity index (χ3n) is 3.22. The zero-order chi connectivity index (χ0) is 13.4. The molecular formula is C13H16N6. The predicted octanol–water partition coefficient (Wildman–Crippen LogP) is 1.43. The van der Waals surface area contributed by atoms with Crippen LogP contribution in [0.3, 0.4) is 0 Å². The third kappa shape index (κ3) is 1.95. The zero-order valence-electron chi connectivity index (χ0n) is 11.0. The van der Waals surface area contributed by atoms with Crippen molar-refractivity contribution in [3.8, 4) is 0 Å². The van der Waals surface area contributed by atoms with Crippen LogP contribution in [0.1, 0.15) is 23.9 Å². The van der Waals surface area contributed by atoms with E-state index >= 15 is 0 Å².